The van der Waals surface area contributed by atoms with Crippen LogP contribution in [0.1, 0.15) is 97.0 Å². The predicted molar refractivity (Wildman–Crippen MR) is 265 cm³/mol. The lowest BCUT2D eigenvalue weighted by Crippen LogP contribution is -2.54. The summed E-state index contributed by atoms with van der Waals surface area (Å²) < 4.78 is 49.7. The highest BCUT2D eigenvalue weighted by Gasteiger charge is 2.61. The van der Waals surface area contributed by atoms with Crippen LogP contribution < -0.4 is 21.1 Å². The second-order valence-electron chi connectivity index (χ2n) is 21.0. The van der Waals surface area contributed by atoms with Crippen molar-refractivity contribution in [3.63, 3.8) is 0 Å². The summed E-state index contributed by atoms with van der Waals surface area (Å²) in [4.78, 5) is 80.1. The molecule has 1 aliphatic carbocycles. The fourth-order valence-electron chi connectivity index (χ4n) is 12.4. The number of nitrogens with one attached hydrogen (secondary N) is 2. The molecule has 15 nitrogen and oxygen atoms in total. The van der Waals surface area contributed by atoms with Crippen molar-refractivity contribution in [3.05, 3.63) is 117 Å². The summed E-state index contributed by atoms with van der Waals surface area (Å²) in [6, 6.07) is 13.2. The molecule has 1 saturated carbocycles. The van der Waals surface area contributed by atoms with E-state index in [-0.39, 0.29) is 52.4 Å². The van der Waals surface area contributed by atoms with Crippen LogP contribution in [-0.4, -0.2) is 129 Å². The van der Waals surface area contributed by atoms with Gasteiger partial charge in [0.15, 0.2) is 5.82 Å². The third kappa shape index (κ3) is 8.67. The van der Waals surface area contributed by atoms with Crippen LogP contribution in [-0.2, 0) is 39.9 Å². The van der Waals surface area contributed by atoms with Crippen molar-refractivity contribution in [3.8, 4) is 5.69 Å². The molecule has 3 aromatic heterocycles. The Balaban J connectivity index is 0.654. The van der Waals surface area contributed by atoms with E-state index in [2.05, 4.69) is 49.4 Å². The third-order valence-electron chi connectivity index (χ3n) is 16.6. The molecule has 8 heterocycles. The molecule has 5 fully saturated rings. The molecule has 5 aliphatic heterocycles. The number of carbonyl (C=O) groups excluding carboxylic acids is 4. The monoisotopic (exact) mass is 986 g/mol. The van der Waals surface area contributed by atoms with Crippen LogP contribution >= 0.6 is 0 Å². The lowest BCUT2D eigenvalue weighted by atomic mass is 9.87. The first kappa shape index (κ1) is 47.9. The van der Waals surface area contributed by atoms with Crippen molar-refractivity contribution in [2.24, 2.45) is 13.0 Å². The third-order valence-corrected chi connectivity index (χ3v) is 16.6. The van der Waals surface area contributed by atoms with Gasteiger partial charge in [-0.3, -0.25) is 53.5 Å². The smallest absolute Gasteiger partial charge is 0.257 e. The van der Waals surface area contributed by atoms with Crippen molar-refractivity contribution >= 4 is 46.0 Å². The van der Waals surface area contributed by atoms with Crippen LogP contribution in [0.25, 0.3) is 16.7 Å². The number of imide groups is 1. The van der Waals surface area contributed by atoms with Gasteiger partial charge in [0.2, 0.25) is 17.7 Å². The van der Waals surface area contributed by atoms with Crippen molar-refractivity contribution in [1.82, 2.24) is 39.0 Å². The summed E-state index contributed by atoms with van der Waals surface area (Å²) in [5, 5.41) is 5.81. The number of hydrogen-bond donors (Lipinski definition) is 2. The van der Waals surface area contributed by atoms with Gasteiger partial charge in [0, 0.05) is 119 Å². The number of carbonyl (C=O) groups is 4. The van der Waals surface area contributed by atoms with Gasteiger partial charge in [0.25, 0.3) is 11.5 Å². The topological polar surface area (TPSA) is 148 Å². The number of piperazine rings is 1. The Kier molecular flexibility index (Phi) is 12.6. The SMILES string of the molecule is CNc1cc(=O)n(-c2ccnc3c2cc(CN2CCC(c4c(F)cc(C(=O)N5CCC(CN6CCN(Cc7ccc8c(c7)C7(CC7)C(=O)N8[C@@H]7CCC(=O)NC7=O)C[C@@H]6C)CC5)cc4F)CC2)n3C)cc1F. The van der Waals surface area contributed by atoms with Crippen LogP contribution in [0.3, 0.4) is 0 Å². The molecule has 0 unspecified atom stereocenters. The zero-order chi connectivity index (χ0) is 50.2. The second-order valence-corrected chi connectivity index (χ2v) is 21.0. The Hall–Kier alpha value is -6.37. The van der Waals surface area contributed by atoms with Gasteiger partial charge < -0.3 is 14.8 Å². The second kappa shape index (κ2) is 18.9. The summed E-state index contributed by atoms with van der Waals surface area (Å²) in [6.45, 7) is 9.42. The average Bonchev–Trinajstić information content (AvgIpc) is 4.07. The summed E-state index contributed by atoms with van der Waals surface area (Å²) in [5.41, 5.74) is 4.30. The average molecular weight is 987 g/mol. The first-order valence-electron chi connectivity index (χ1n) is 25.5. The predicted octanol–water partition coefficient (Wildman–Crippen LogP) is 5.80. The molecule has 2 N–H and O–H groups in total. The van der Waals surface area contributed by atoms with Crippen molar-refractivity contribution in [2.75, 3.05) is 69.6 Å². The molecule has 0 radical (unpaired) electrons. The van der Waals surface area contributed by atoms with E-state index in [4.69, 9.17) is 0 Å². The largest absolute Gasteiger partial charge is 0.386 e. The lowest BCUT2D eigenvalue weighted by Gasteiger charge is -2.42. The number of benzene rings is 2. The molecule has 18 heteroatoms. The van der Waals surface area contributed by atoms with Gasteiger partial charge in [-0.15, -0.1) is 0 Å². The molecule has 2 aromatic carbocycles. The van der Waals surface area contributed by atoms with E-state index in [1.165, 1.54) is 29.0 Å². The Morgan fingerprint density at radius 3 is 2.28 bits per heavy atom. The fourth-order valence-corrected chi connectivity index (χ4v) is 12.4. The van der Waals surface area contributed by atoms with Crippen molar-refractivity contribution in [2.45, 2.75) is 94.8 Å². The number of piperidine rings is 3. The number of aromatic nitrogens is 3. The van der Waals surface area contributed by atoms with Gasteiger partial charge in [-0.25, -0.2) is 18.2 Å². The molecule has 11 rings (SSSR count). The highest BCUT2D eigenvalue weighted by atomic mass is 19.1. The number of anilines is 2. The first-order chi connectivity index (χ1) is 34.7. The number of aryl methyl sites for hydroxylation is 1. The van der Waals surface area contributed by atoms with Crippen LogP contribution in [0, 0.1) is 23.4 Å². The molecule has 72 heavy (non-hydrogen) atoms. The Morgan fingerprint density at radius 1 is 0.833 bits per heavy atom. The normalized spacial score (nSPS) is 22.3. The van der Waals surface area contributed by atoms with E-state index in [1.54, 1.807) is 29.1 Å². The molecule has 378 valence electrons. The van der Waals surface area contributed by atoms with Gasteiger partial charge in [0.05, 0.1) is 23.0 Å². The number of fused-ring (bicyclic) bond motifs is 3. The van der Waals surface area contributed by atoms with Gasteiger partial charge in [-0.2, -0.15) is 0 Å². The standard InChI is InChI=1S/C54H61F3N10O5/c1-32-27-63(28-34-4-5-45-39(22-34)54(13-14-54)53(72)67(45)46-6-7-47(68)60-51(46)70)20-21-65(32)29-33-9-18-64(19-10-33)52(71)36-23-40(55)49(41(56)24-36)35-11-16-62(17-12-35)30-37-25-38-44(8-15-59-50(38)61(37)3)66-31-42(57)43(58-2)26-48(66)69/h4-5,8,15,22-26,31-33,35,46,58H,6-7,9-14,16-21,27-30H2,1-3H3,(H,60,68,70)/t32-,46+/m0/s1. The van der Waals surface area contributed by atoms with Crippen LogP contribution in [0.15, 0.2) is 65.7 Å². The Bertz CT molecular complexity index is 3040. The maximum absolute atomic E-state index is 15.9. The summed E-state index contributed by atoms with van der Waals surface area (Å²) >= 11 is 0. The van der Waals surface area contributed by atoms with E-state index < -0.39 is 34.8 Å². The zero-order valence-electron chi connectivity index (χ0n) is 41.1. The molecule has 5 aromatic rings. The van der Waals surface area contributed by atoms with Gasteiger partial charge in [-0.05, 0) is 118 Å². The Labute approximate surface area is 415 Å². The molecule has 1 spiro atoms. The highest BCUT2D eigenvalue weighted by molar-refractivity contribution is 6.15. The van der Waals surface area contributed by atoms with E-state index in [0.717, 1.165) is 80.9 Å². The van der Waals surface area contributed by atoms with E-state index in [1.807, 2.05) is 23.7 Å². The minimum absolute atomic E-state index is 0.0239. The van der Waals surface area contributed by atoms with Gasteiger partial charge >= 0.3 is 0 Å². The highest BCUT2D eigenvalue weighted by Crippen LogP contribution is 2.58. The molecule has 6 aliphatic rings. The molecule has 4 saturated heterocycles. The minimum Gasteiger partial charge on any atom is -0.386 e. The first-order valence-corrected chi connectivity index (χ1v) is 25.5. The summed E-state index contributed by atoms with van der Waals surface area (Å²) in [6.07, 6.45) is 7.56. The molecular formula is C54H61F3N10O5. The molecule has 4 amide bonds. The van der Waals surface area contributed by atoms with E-state index in [0.29, 0.717) is 80.7 Å². The number of nitrogens with zero attached hydrogens (tertiary/aromatic N) is 8. The lowest BCUT2D eigenvalue weighted by molar-refractivity contribution is -0.135. The minimum atomic E-state index is -0.684. The van der Waals surface area contributed by atoms with Gasteiger partial charge in [0.1, 0.15) is 23.3 Å². The summed E-state index contributed by atoms with van der Waals surface area (Å²) in [5.74, 6) is -2.93. The number of likely N-dealkylation sites (tertiary alicyclic amines) is 2. The number of rotatable bonds is 11. The maximum atomic E-state index is 15.9. The molecule has 0 bridgehead atoms. The van der Waals surface area contributed by atoms with Crippen LogP contribution in [0.5, 0.6) is 0 Å². The van der Waals surface area contributed by atoms with Crippen LogP contribution in [0.2, 0.25) is 0 Å². The number of amides is 4. The number of halogens is 3. The molecular weight excluding hydrogens is 926 g/mol. The van der Waals surface area contributed by atoms with Crippen molar-refractivity contribution < 1.29 is 32.3 Å². The molecule has 2 atom stereocenters. The maximum Gasteiger partial charge on any atom is 0.257 e. The van der Waals surface area contributed by atoms with E-state index >= 15 is 8.78 Å². The number of pyridine rings is 2. The summed E-state index contributed by atoms with van der Waals surface area (Å²) in [7, 11) is 3.45. The fraction of sp³-hybridized carbons (Fsp3) is 0.481. The zero-order valence-corrected chi connectivity index (χ0v) is 41.1. The van der Waals surface area contributed by atoms with Crippen LogP contribution in [0.4, 0.5) is 24.5 Å². The quantitative estimate of drug-likeness (QED) is 0.156. The Morgan fingerprint density at radius 2 is 1.58 bits per heavy atom. The van der Waals surface area contributed by atoms with E-state index in [9.17, 15) is 28.4 Å². The number of hydrogen-bond acceptors (Lipinski definition) is 10. The van der Waals surface area contributed by atoms with Gasteiger partial charge in [-0.1, -0.05) is 12.1 Å². The van der Waals surface area contributed by atoms with Crippen molar-refractivity contribution in [1.29, 1.82) is 0 Å².